The average molecular weight is 358 g/mol. The van der Waals surface area contributed by atoms with Crippen LogP contribution in [0.25, 0.3) is 0 Å². The highest BCUT2D eigenvalue weighted by atomic mass is 16.4. The molecular formula is C20H26N2O4. The fraction of sp³-hybridized carbons (Fsp3) is 0.550. The molecule has 2 amide bonds. The van der Waals surface area contributed by atoms with Crippen molar-refractivity contribution in [3.8, 4) is 0 Å². The minimum atomic E-state index is -0.803. The maximum Gasteiger partial charge on any atom is 0.306 e. The Morgan fingerprint density at radius 1 is 1.00 bits per heavy atom. The van der Waals surface area contributed by atoms with Crippen molar-refractivity contribution in [3.05, 3.63) is 35.4 Å². The predicted molar refractivity (Wildman–Crippen MR) is 96.7 cm³/mol. The maximum absolute atomic E-state index is 12.5. The van der Waals surface area contributed by atoms with Gasteiger partial charge in [-0.1, -0.05) is 17.7 Å². The summed E-state index contributed by atoms with van der Waals surface area (Å²) in [5.41, 5.74) is 1.82. The lowest BCUT2D eigenvalue weighted by Gasteiger charge is -2.33. The van der Waals surface area contributed by atoms with Gasteiger partial charge in [-0.25, -0.2) is 0 Å². The van der Waals surface area contributed by atoms with Crippen molar-refractivity contribution in [2.45, 2.75) is 45.1 Å². The van der Waals surface area contributed by atoms with Crippen LogP contribution in [0.4, 0.5) is 0 Å². The van der Waals surface area contributed by atoms with Crippen LogP contribution in [-0.4, -0.2) is 46.9 Å². The highest BCUT2D eigenvalue weighted by molar-refractivity contribution is 5.94. The molecule has 3 rings (SSSR count). The number of carboxylic acids is 1. The van der Waals surface area contributed by atoms with E-state index in [9.17, 15) is 14.4 Å². The molecule has 0 aromatic heterocycles. The zero-order chi connectivity index (χ0) is 18.7. The van der Waals surface area contributed by atoms with Crippen LogP contribution in [0, 0.1) is 18.8 Å². The largest absolute Gasteiger partial charge is 0.481 e. The Morgan fingerprint density at radius 3 is 2.19 bits per heavy atom. The summed E-state index contributed by atoms with van der Waals surface area (Å²) in [6.07, 6.45) is 3.13. The molecule has 1 saturated carbocycles. The van der Waals surface area contributed by atoms with Gasteiger partial charge in [0, 0.05) is 30.6 Å². The molecule has 1 aromatic carbocycles. The smallest absolute Gasteiger partial charge is 0.306 e. The van der Waals surface area contributed by atoms with Crippen molar-refractivity contribution < 1.29 is 19.5 Å². The standard InChI is InChI=1S/C20H26N2O4/c1-13-2-4-14(5-3-13)19(24)22-10-8-17(9-11-22)21-18(23)15-6-7-16(12-15)20(25)26/h2-5,15-17H,6-12H2,1H3,(H,21,23)(H,25,26)/t15-,16+/m1/s1. The number of hydrogen-bond acceptors (Lipinski definition) is 3. The molecule has 6 nitrogen and oxygen atoms in total. The lowest BCUT2D eigenvalue weighted by atomic mass is 10.0. The van der Waals surface area contributed by atoms with Crippen molar-refractivity contribution in [2.24, 2.45) is 11.8 Å². The van der Waals surface area contributed by atoms with E-state index < -0.39 is 5.97 Å². The molecular weight excluding hydrogens is 332 g/mol. The first-order valence-corrected chi connectivity index (χ1v) is 9.33. The molecule has 0 radical (unpaired) electrons. The SMILES string of the molecule is Cc1ccc(C(=O)N2CCC(NC(=O)[C@@H]3CC[C@H](C(=O)O)C3)CC2)cc1. The van der Waals surface area contributed by atoms with Crippen LogP contribution < -0.4 is 5.32 Å². The first kappa shape index (κ1) is 18.4. The fourth-order valence-electron chi connectivity index (χ4n) is 3.87. The van der Waals surface area contributed by atoms with Gasteiger partial charge in [-0.05, 0) is 51.2 Å². The first-order valence-electron chi connectivity index (χ1n) is 9.33. The molecule has 140 valence electrons. The zero-order valence-electron chi connectivity index (χ0n) is 15.1. The van der Waals surface area contributed by atoms with Gasteiger partial charge in [0.05, 0.1) is 5.92 Å². The van der Waals surface area contributed by atoms with Gasteiger partial charge in [0.15, 0.2) is 0 Å². The number of aryl methyl sites for hydroxylation is 1. The number of carbonyl (C=O) groups excluding carboxylic acids is 2. The Labute approximate surface area is 153 Å². The number of likely N-dealkylation sites (tertiary alicyclic amines) is 1. The van der Waals surface area contributed by atoms with Gasteiger partial charge in [0.2, 0.25) is 5.91 Å². The van der Waals surface area contributed by atoms with Crippen LogP contribution in [-0.2, 0) is 9.59 Å². The van der Waals surface area contributed by atoms with Gasteiger partial charge in [-0.2, -0.15) is 0 Å². The number of hydrogen-bond donors (Lipinski definition) is 2. The Balaban J connectivity index is 1.46. The molecule has 6 heteroatoms. The van der Waals surface area contributed by atoms with Crippen molar-refractivity contribution in [3.63, 3.8) is 0 Å². The maximum atomic E-state index is 12.5. The minimum absolute atomic E-state index is 0.0305. The Hall–Kier alpha value is -2.37. The second-order valence-electron chi connectivity index (χ2n) is 7.49. The summed E-state index contributed by atoms with van der Waals surface area (Å²) in [6, 6.07) is 7.64. The second kappa shape index (κ2) is 7.89. The average Bonchev–Trinajstić information content (AvgIpc) is 3.13. The fourth-order valence-corrected chi connectivity index (χ4v) is 3.87. The number of aliphatic carboxylic acids is 1. The van der Waals surface area contributed by atoms with E-state index >= 15 is 0 Å². The zero-order valence-corrected chi connectivity index (χ0v) is 15.1. The van der Waals surface area contributed by atoms with Crippen molar-refractivity contribution >= 4 is 17.8 Å². The van der Waals surface area contributed by atoms with E-state index in [1.807, 2.05) is 36.1 Å². The summed E-state index contributed by atoms with van der Waals surface area (Å²) in [7, 11) is 0. The number of carboxylic acid groups (broad SMARTS) is 1. The molecule has 0 unspecified atom stereocenters. The molecule has 2 fully saturated rings. The van der Waals surface area contributed by atoms with Crippen LogP contribution in [0.2, 0.25) is 0 Å². The van der Waals surface area contributed by atoms with Gasteiger partial charge in [0.1, 0.15) is 0 Å². The van der Waals surface area contributed by atoms with Crippen LogP contribution in [0.15, 0.2) is 24.3 Å². The molecule has 26 heavy (non-hydrogen) atoms. The Kier molecular flexibility index (Phi) is 5.59. The van der Waals surface area contributed by atoms with Gasteiger partial charge >= 0.3 is 5.97 Å². The van der Waals surface area contributed by atoms with E-state index in [4.69, 9.17) is 5.11 Å². The van der Waals surface area contributed by atoms with E-state index in [2.05, 4.69) is 5.32 Å². The number of piperidine rings is 1. The van der Waals surface area contributed by atoms with Crippen LogP contribution >= 0.6 is 0 Å². The lowest BCUT2D eigenvalue weighted by molar-refractivity contribution is -0.141. The van der Waals surface area contributed by atoms with Gasteiger partial charge in [0.25, 0.3) is 5.91 Å². The molecule has 2 aliphatic rings. The van der Waals surface area contributed by atoms with Crippen LogP contribution in [0.3, 0.4) is 0 Å². The third kappa shape index (κ3) is 4.23. The van der Waals surface area contributed by atoms with Crippen molar-refractivity contribution in [2.75, 3.05) is 13.1 Å². The number of nitrogens with zero attached hydrogens (tertiary/aromatic N) is 1. The summed E-state index contributed by atoms with van der Waals surface area (Å²) in [5.74, 6) is -1.38. The van der Waals surface area contributed by atoms with E-state index in [1.165, 1.54) is 0 Å². The third-order valence-electron chi connectivity index (χ3n) is 5.58. The van der Waals surface area contributed by atoms with Gasteiger partial charge in [-0.3, -0.25) is 14.4 Å². The normalized spacial score (nSPS) is 23.7. The summed E-state index contributed by atoms with van der Waals surface area (Å²) >= 11 is 0. The first-order chi connectivity index (χ1) is 12.4. The van der Waals surface area contributed by atoms with E-state index in [0.717, 1.165) is 18.4 Å². The van der Waals surface area contributed by atoms with Gasteiger partial charge in [-0.15, -0.1) is 0 Å². The van der Waals surface area contributed by atoms with Gasteiger partial charge < -0.3 is 15.3 Å². The number of rotatable bonds is 4. The van der Waals surface area contributed by atoms with E-state index in [1.54, 1.807) is 0 Å². The molecule has 0 spiro atoms. The summed E-state index contributed by atoms with van der Waals surface area (Å²) < 4.78 is 0. The molecule has 1 saturated heterocycles. The predicted octanol–water partition coefficient (Wildman–Crippen LogP) is 2.22. The summed E-state index contributed by atoms with van der Waals surface area (Å²) in [4.78, 5) is 37.8. The Bertz CT molecular complexity index is 678. The number of nitrogens with one attached hydrogen (secondary N) is 1. The third-order valence-corrected chi connectivity index (χ3v) is 5.58. The number of benzene rings is 1. The van der Waals surface area contributed by atoms with Crippen molar-refractivity contribution in [1.82, 2.24) is 10.2 Å². The van der Waals surface area contributed by atoms with E-state index in [0.29, 0.717) is 37.9 Å². The van der Waals surface area contributed by atoms with Crippen LogP contribution in [0.1, 0.15) is 48.0 Å². The van der Waals surface area contributed by atoms with Crippen molar-refractivity contribution in [1.29, 1.82) is 0 Å². The molecule has 2 atom stereocenters. The number of carbonyl (C=O) groups is 3. The Morgan fingerprint density at radius 2 is 1.62 bits per heavy atom. The highest BCUT2D eigenvalue weighted by Gasteiger charge is 2.35. The van der Waals surface area contributed by atoms with E-state index in [-0.39, 0.29) is 29.7 Å². The monoisotopic (exact) mass is 358 g/mol. The molecule has 1 aromatic rings. The summed E-state index contributed by atoms with van der Waals surface area (Å²) in [5, 5.41) is 12.1. The topological polar surface area (TPSA) is 86.7 Å². The van der Waals surface area contributed by atoms with Crippen LogP contribution in [0.5, 0.6) is 0 Å². The number of amides is 2. The molecule has 1 aliphatic carbocycles. The highest BCUT2D eigenvalue weighted by Crippen LogP contribution is 2.31. The summed E-state index contributed by atoms with van der Waals surface area (Å²) in [6.45, 7) is 3.24. The molecule has 1 aliphatic heterocycles. The lowest BCUT2D eigenvalue weighted by Crippen LogP contribution is -2.47. The second-order valence-corrected chi connectivity index (χ2v) is 7.49. The molecule has 1 heterocycles. The molecule has 0 bridgehead atoms. The minimum Gasteiger partial charge on any atom is -0.481 e. The molecule has 2 N–H and O–H groups in total. The quantitative estimate of drug-likeness (QED) is 0.864.